The normalized spacial score (nSPS) is 14.8. The fourth-order valence-corrected chi connectivity index (χ4v) is 4.00. The van der Waals surface area contributed by atoms with Crippen molar-refractivity contribution in [3.05, 3.63) is 111 Å². The molecule has 6 heteroatoms. The first kappa shape index (κ1) is 21.6. The lowest BCUT2D eigenvalue weighted by Crippen LogP contribution is -2.20. The maximum atomic E-state index is 13.0. The number of nitriles is 1. The molecule has 2 heterocycles. The van der Waals surface area contributed by atoms with Crippen LogP contribution in [-0.2, 0) is 17.8 Å². The standard InChI is InChI=1S/C28H20FNO4/c29-22-9-5-19(6-10-22)16-32-17-24-13-21-12-18(7-11-27(21)33-24)4-8-20-2-1-3-25-26(31)14-23(15-30)34-28(20)25/h1-12,14,24H,13,16-17H2/b8-4+. The lowest BCUT2D eigenvalue weighted by molar-refractivity contribution is 0.0510. The monoisotopic (exact) mass is 453 g/mol. The lowest BCUT2D eigenvalue weighted by atomic mass is 10.0. The van der Waals surface area contributed by atoms with Gasteiger partial charge < -0.3 is 13.9 Å². The molecule has 5 nitrogen and oxygen atoms in total. The molecule has 0 saturated carbocycles. The first-order valence-electron chi connectivity index (χ1n) is 10.9. The highest BCUT2D eigenvalue weighted by atomic mass is 19.1. The van der Waals surface area contributed by atoms with Crippen LogP contribution < -0.4 is 10.2 Å². The average molecular weight is 453 g/mol. The first-order chi connectivity index (χ1) is 16.6. The minimum atomic E-state index is -0.264. The number of rotatable bonds is 6. The zero-order chi connectivity index (χ0) is 23.5. The van der Waals surface area contributed by atoms with Gasteiger partial charge in [0.25, 0.3) is 0 Å². The van der Waals surface area contributed by atoms with Crippen molar-refractivity contribution in [2.24, 2.45) is 0 Å². The number of halogens is 1. The Labute approximate surface area is 195 Å². The Balaban J connectivity index is 1.27. The van der Waals surface area contributed by atoms with E-state index >= 15 is 0 Å². The number of benzene rings is 3. The van der Waals surface area contributed by atoms with E-state index in [0.717, 1.165) is 34.4 Å². The zero-order valence-electron chi connectivity index (χ0n) is 18.2. The van der Waals surface area contributed by atoms with Crippen molar-refractivity contribution < 1.29 is 18.3 Å². The number of ether oxygens (including phenoxy) is 2. The predicted molar refractivity (Wildman–Crippen MR) is 127 cm³/mol. The molecule has 0 N–H and O–H groups in total. The van der Waals surface area contributed by atoms with Gasteiger partial charge in [-0.3, -0.25) is 4.79 Å². The van der Waals surface area contributed by atoms with E-state index in [1.54, 1.807) is 24.3 Å². The molecule has 1 unspecified atom stereocenters. The van der Waals surface area contributed by atoms with E-state index in [1.165, 1.54) is 18.2 Å². The van der Waals surface area contributed by atoms with Crippen LogP contribution in [0, 0.1) is 17.1 Å². The van der Waals surface area contributed by atoms with Gasteiger partial charge in [-0.1, -0.05) is 42.5 Å². The van der Waals surface area contributed by atoms with Crippen molar-refractivity contribution >= 4 is 23.1 Å². The number of hydrogen-bond acceptors (Lipinski definition) is 5. The Morgan fingerprint density at radius 3 is 2.76 bits per heavy atom. The summed E-state index contributed by atoms with van der Waals surface area (Å²) in [4.78, 5) is 12.2. The third-order valence-electron chi connectivity index (χ3n) is 5.66. The largest absolute Gasteiger partial charge is 0.487 e. The van der Waals surface area contributed by atoms with E-state index in [-0.39, 0.29) is 23.1 Å². The van der Waals surface area contributed by atoms with Gasteiger partial charge in [-0.2, -0.15) is 5.26 Å². The van der Waals surface area contributed by atoms with E-state index < -0.39 is 0 Å². The summed E-state index contributed by atoms with van der Waals surface area (Å²) in [7, 11) is 0. The number of nitrogens with zero attached hydrogens (tertiary/aromatic N) is 1. The van der Waals surface area contributed by atoms with E-state index in [1.807, 2.05) is 36.4 Å². The minimum absolute atomic E-state index is 0.0132. The minimum Gasteiger partial charge on any atom is -0.487 e. The second kappa shape index (κ2) is 9.34. The summed E-state index contributed by atoms with van der Waals surface area (Å²) in [5.41, 5.74) is 3.85. The van der Waals surface area contributed by atoms with Crippen LogP contribution in [0.4, 0.5) is 4.39 Å². The summed E-state index contributed by atoms with van der Waals surface area (Å²) in [5.74, 6) is 0.558. The van der Waals surface area contributed by atoms with Crippen LogP contribution in [0.1, 0.15) is 28.0 Å². The maximum absolute atomic E-state index is 13.0. The van der Waals surface area contributed by atoms with Gasteiger partial charge in [-0.05, 0) is 47.0 Å². The Morgan fingerprint density at radius 2 is 1.94 bits per heavy atom. The average Bonchev–Trinajstić information content (AvgIpc) is 3.26. The summed E-state index contributed by atoms with van der Waals surface area (Å²) in [6.07, 6.45) is 4.46. The molecule has 0 spiro atoms. The molecule has 0 saturated heterocycles. The maximum Gasteiger partial charge on any atom is 0.208 e. The van der Waals surface area contributed by atoms with Crippen LogP contribution >= 0.6 is 0 Å². The van der Waals surface area contributed by atoms with Crippen molar-refractivity contribution in [3.8, 4) is 11.8 Å². The van der Waals surface area contributed by atoms with Gasteiger partial charge in [0.2, 0.25) is 5.76 Å². The fraction of sp³-hybridized carbons (Fsp3) is 0.143. The van der Waals surface area contributed by atoms with Crippen molar-refractivity contribution in [1.29, 1.82) is 5.26 Å². The summed E-state index contributed by atoms with van der Waals surface area (Å²) in [5, 5.41) is 9.56. The first-order valence-corrected chi connectivity index (χ1v) is 10.9. The molecule has 1 atom stereocenters. The molecule has 5 rings (SSSR count). The molecule has 0 amide bonds. The van der Waals surface area contributed by atoms with E-state index in [2.05, 4.69) is 6.07 Å². The molecule has 34 heavy (non-hydrogen) atoms. The van der Waals surface area contributed by atoms with Gasteiger partial charge in [-0.25, -0.2) is 4.39 Å². The van der Waals surface area contributed by atoms with Crippen LogP contribution in [-0.4, -0.2) is 12.7 Å². The molecule has 3 aromatic carbocycles. The molecular formula is C28H20FNO4. The van der Waals surface area contributed by atoms with Crippen molar-refractivity contribution in [3.63, 3.8) is 0 Å². The third kappa shape index (κ3) is 4.61. The summed E-state index contributed by atoms with van der Waals surface area (Å²) in [6.45, 7) is 0.840. The summed E-state index contributed by atoms with van der Waals surface area (Å²) in [6, 6.07) is 20.6. The van der Waals surface area contributed by atoms with Crippen LogP contribution in [0.2, 0.25) is 0 Å². The van der Waals surface area contributed by atoms with Crippen LogP contribution in [0.5, 0.6) is 5.75 Å². The van der Waals surface area contributed by atoms with Gasteiger partial charge in [-0.15, -0.1) is 0 Å². The lowest BCUT2D eigenvalue weighted by Gasteiger charge is -2.11. The Hall–Kier alpha value is -4.21. The van der Waals surface area contributed by atoms with Crippen molar-refractivity contribution in [1.82, 2.24) is 0 Å². The highest BCUT2D eigenvalue weighted by Crippen LogP contribution is 2.30. The molecule has 1 aliphatic rings. The summed E-state index contributed by atoms with van der Waals surface area (Å²) < 4.78 is 30.4. The molecule has 168 valence electrons. The van der Waals surface area contributed by atoms with E-state index in [0.29, 0.717) is 24.2 Å². The predicted octanol–water partition coefficient (Wildman–Crippen LogP) is 5.49. The van der Waals surface area contributed by atoms with Gasteiger partial charge >= 0.3 is 0 Å². The highest BCUT2D eigenvalue weighted by molar-refractivity contribution is 5.88. The summed E-state index contributed by atoms with van der Waals surface area (Å²) >= 11 is 0. The SMILES string of the molecule is N#Cc1cc(=O)c2cccc(/C=C/c3ccc4c(c3)CC(COCc3ccc(F)cc3)O4)c2o1. The smallest absolute Gasteiger partial charge is 0.208 e. The molecule has 1 aromatic heterocycles. The Morgan fingerprint density at radius 1 is 1.09 bits per heavy atom. The van der Waals surface area contributed by atoms with Gasteiger partial charge in [0.05, 0.1) is 18.6 Å². The topological polar surface area (TPSA) is 72.5 Å². The second-order valence-electron chi connectivity index (χ2n) is 8.10. The molecule has 0 fully saturated rings. The van der Waals surface area contributed by atoms with Crippen molar-refractivity contribution in [2.45, 2.75) is 19.1 Å². The molecule has 4 aromatic rings. The van der Waals surface area contributed by atoms with Gasteiger partial charge in [0, 0.05) is 18.1 Å². The second-order valence-corrected chi connectivity index (χ2v) is 8.10. The Bertz CT molecular complexity index is 1480. The zero-order valence-corrected chi connectivity index (χ0v) is 18.2. The molecule has 0 aliphatic carbocycles. The van der Waals surface area contributed by atoms with Crippen LogP contribution in [0.25, 0.3) is 23.1 Å². The molecule has 0 bridgehead atoms. The molecule has 0 radical (unpaired) electrons. The Kier molecular flexibility index (Phi) is 5.94. The molecular weight excluding hydrogens is 433 g/mol. The van der Waals surface area contributed by atoms with Gasteiger partial charge in [0.1, 0.15) is 29.3 Å². The highest BCUT2D eigenvalue weighted by Gasteiger charge is 2.23. The number of para-hydroxylation sites is 1. The third-order valence-corrected chi connectivity index (χ3v) is 5.66. The van der Waals surface area contributed by atoms with Gasteiger partial charge in [0.15, 0.2) is 5.43 Å². The van der Waals surface area contributed by atoms with E-state index in [9.17, 15) is 9.18 Å². The van der Waals surface area contributed by atoms with E-state index in [4.69, 9.17) is 19.2 Å². The number of fused-ring (bicyclic) bond motifs is 2. The van der Waals surface area contributed by atoms with Crippen LogP contribution in [0.15, 0.2) is 75.9 Å². The quantitative estimate of drug-likeness (QED) is 0.361. The number of hydrogen-bond donors (Lipinski definition) is 0. The fourth-order valence-electron chi connectivity index (χ4n) is 4.00. The van der Waals surface area contributed by atoms with Crippen molar-refractivity contribution in [2.75, 3.05) is 6.61 Å². The van der Waals surface area contributed by atoms with Crippen LogP contribution in [0.3, 0.4) is 0 Å². The molecule has 1 aliphatic heterocycles.